The van der Waals surface area contributed by atoms with Crippen LogP contribution in [-0.4, -0.2) is 29.5 Å². The number of benzene rings is 2. The lowest BCUT2D eigenvalue weighted by molar-refractivity contribution is -0.150. The van der Waals surface area contributed by atoms with Crippen molar-refractivity contribution < 1.29 is 24.2 Å². The fraction of sp³-hybridized carbons (Fsp3) is 0.559. The molecule has 2 rings (SSSR count). The number of carbonyl (C=O) groups excluding carboxylic acids is 3. The van der Waals surface area contributed by atoms with E-state index in [4.69, 9.17) is 4.74 Å². The first-order valence-corrected chi connectivity index (χ1v) is 15.6. The molecule has 0 radical (unpaired) electrons. The van der Waals surface area contributed by atoms with E-state index in [-0.39, 0.29) is 30.4 Å². The average Bonchev–Trinajstić information content (AvgIpc) is 2.96. The fourth-order valence-electron chi connectivity index (χ4n) is 4.84. The summed E-state index contributed by atoms with van der Waals surface area (Å²) in [5, 5.41) is 15.9. The molecular formula is C34H50N2O5. The molecule has 0 spiro atoms. The highest BCUT2D eigenvalue weighted by Crippen LogP contribution is 2.28. The summed E-state index contributed by atoms with van der Waals surface area (Å²) in [7, 11) is 0. The minimum absolute atomic E-state index is 0.148. The smallest absolute Gasteiger partial charge is 0.318 e. The number of anilines is 2. The number of nitrogens with one attached hydrogen (secondary N) is 2. The van der Waals surface area contributed by atoms with Crippen LogP contribution in [0, 0.1) is 5.92 Å². The van der Waals surface area contributed by atoms with Crippen molar-refractivity contribution in [1.82, 2.24) is 0 Å². The molecule has 41 heavy (non-hydrogen) atoms. The Labute approximate surface area is 246 Å². The Hall–Kier alpha value is -3.35. The standard InChI is InChI=1S/C34H50N2O5/c1-3-5-6-7-8-9-10-11-12-13-14-15-19-22-32(38)36-30-24-23-28(26-31(30)37)35-33(39)29(34(40)41-4-2)25-27-20-17-16-18-21-27/h16-18,20-21,23-24,26,29,37H,3-15,19,22,25H2,1-2H3,(H,35,39)(H,36,38). The van der Waals surface area contributed by atoms with Gasteiger partial charge in [-0.1, -0.05) is 114 Å². The highest BCUT2D eigenvalue weighted by atomic mass is 16.5. The lowest BCUT2D eigenvalue weighted by atomic mass is 9.98. The van der Waals surface area contributed by atoms with Crippen LogP contribution in [0.2, 0.25) is 0 Å². The van der Waals surface area contributed by atoms with Crippen LogP contribution in [0.15, 0.2) is 48.5 Å². The zero-order valence-corrected chi connectivity index (χ0v) is 25.1. The Bertz CT molecular complexity index is 1040. The van der Waals surface area contributed by atoms with Crippen molar-refractivity contribution in [3.8, 4) is 5.75 Å². The molecule has 0 fully saturated rings. The molecule has 0 aliphatic carbocycles. The van der Waals surface area contributed by atoms with Gasteiger partial charge in [-0.15, -0.1) is 0 Å². The zero-order valence-electron chi connectivity index (χ0n) is 25.1. The van der Waals surface area contributed by atoms with Crippen molar-refractivity contribution in [3.05, 3.63) is 54.1 Å². The first-order valence-electron chi connectivity index (χ1n) is 15.6. The second kappa shape index (κ2) is 20.5. The van der Waals surface area contributed by atoms with Crippen LogP contribution in [0.3, 0.4) is 0 Å². The van der Waals surface area contributed by atoms with Crippen LogP contribution in [0.1, 0.15) is 109 Å². The summed E-state index contributed by atoms with van der Waals surface area (Å²) in [5.74, 6) is -2.46. The normalized spacial score (nSPS) is 11.6. The number of amides is 2. The number of carbonyl (C=O) groups is 3. The summed E-state index contributed by atoms with van der Waals surface area (Å²) in [6, 6.07) is 13.8. The molecule has 0 saturated carbocycles. The Morgan fingerprint density at radius 1 is 0.756 bits per heavy atom. The van der Waals surface area contributed by atoms with E-state index in [1.807, 2.05) is 30.3 Å². The van der Waals surface area contributed by atoms with E-state index >= 15 is 0 Å². The molecule has 226 valence electrons. The van der Waals surface area contributed by atoms with Gasteiger partial charge >= 0.3 is 5.97 Å². The van der Waals surface area contributed by atoms with Crippen molar-refractivity contribution >= 4 is 29.2 Å². The van der Waals surface area contributed by atoms with Gasteiger partial charge in [0.1, 0.15) is 11.7 Å². The van der Waals surface area contributed by atoms with Gasteiger partial charge < -0.3 is 20.5 Å². The van der Waals surface area contributed by atoms with E-state index in [9.17, 15) is 19.5 Å². The first-order chi connectivity index (χ1) is 19.9. The number of phenolic OH excluding ortho intramolecular Hbond substituents is 1. The van der Waals surface area contributed by atoms with Crippen LogP contribution in [-0.2, 0) is 25.5 Å². The summed E-state index contributed by atoms with van der Waals surface area (Å²) in [5.41, 5.74) is 1.45. The summed E-state index contributed by atoms with van der Waals surface area (Å²) in [4.78, 5) is 37.8. The Morgan fingerprint density at radius 3 is 1.90 bits per heavy atom. The van der Waals surface area contributed by atoms with Crippen molar-refractivity contribution in [1.29, 1.82) is 0 Å². The number of esters is 1. The second-order valence-corrected chi connectivity index (χ2v) is 10.8. The molecule has 3 N–H and O–H groups in total. The van der Waals surface area contributed by atoms with Crippen molar-refractivity contribution in [2.75, 3.05) is 17.2 Å². The van der Waals surface area contributed by atoms with Gasteiger partial charge in [-0.2, -0.15) is 0 Å². The lowest BCUT2D eigenvalue weighted by Crippen LogP contribution is -2.33. The predicted octanol–water partition coefficient (Wildman–Crippen LogP) is 8.17. The maximum atomic E-state index is 12.9. The largest absolute Gasteiger partial charge is 0.506 e. The highest BCUT2D eigenvalue weighted by Gasteiger charge is 2.28. The Kier molecular flexibility index (Phi) is 16.9. The van der Waals surface area contributed by atoms with Crippen molar-refractivity contribution in [2.45, 2.75) is 110 Å². The third-order valence-corrected chi connectivity index (χ3v) is 7.22. The highest BCUT2D eigenvalue weighted by molar-refractivity contribution is 6.05. The van der Waals surface area contributed by atoms with E-state index in [2.05, 4.69) is 17.6 Å². The number of unbranched alkanes of at least 4 members (excludes halogenated alkanes) is 12. The molecule has 0 saturated heterocycles. The molecule has 0 bridgehead atoms. The van der Waals surface area contributed by atoms with Gasteiger partial charge in [0.05, 0.1) is 12.3 Å². The number of phenols is 1. The first kappa shape index (κ1) is 33.9. The Morgan fingerprint density at radius 2 is 1.34 bits per heavy atom. The van der Waals surface area contributed by atoms with Gasteiger partial charge in [-0.05, 0) is 37.5 Å². The number of hydrogen-bond acceptors (Lipinski definition) is 5. The van der Waals surface area contributed by atoms with Gasteiger partial charge in [0.25, 0.3) is 0 Å². The molecule has 2 aromatic rings. The predicted molar refractivity (Wildman–Crippen MR) is 166 cm³/mol. The number of aromatic hydroxyl groups is 1. The summed E-state index contributed by atoms with van der Waals surface area (Å²) in [6.45, 7) is 4.12. The lowest BCUT2D eigenvalue weighted by Gasteiger charge is -2.16. The van der Waals surface area contributed by atoms with Gasteiger partial charge in [0, 0.05) is 18.2 Å². The van der Waals surface area contributed by atoms with Gasteiger partial charge in [-0.3, -0.25) is 14.4 Å². The molecule has 0 aliphatic heterocycles. The maximum absolute atomic E-state index is 12.9. The molecule has 7 nitrogen and oxygen atoms in total. The van der Waals surface area contributed by atoms with Crippen LogP contribution >= 0.6 is 0 Å². The maximum Gasteiger partial charge on any atom is 0.318 e. The summed E-state index contributed by atoms with van der Waals surface area (Å²) in [6.07, 6.45) is 16.8. The minimum Gasteiger partial charge on any atom is -0.506 e. The van der Waals surface area contributed by atoms with E-state index in [1.54, 1.807) is 19.1 Å². The van der Waals surface area contributed by atoms with E-state index in [1.165, 1.54) is 70.3 Å². The summed E-state index contributed by atoms with van der Waals surface area (Å²) >= 11 is 0. The van der Waals surface area contributed by atoms with Crippen LogP contribution in [0.25, 0.3) is 0 Å². The van der Waals surface area contributed by atoms with Crippen LogP contribution in [0.5, 0.6) is 5.75 Å². The molecular weight excluding hydrogens is 516 g/mol. The van der Waals surface area contributed by atoms with E-state index in [0.717, 1.165) is 24.8 Å². The zero-order chi connectivity index (χ0) is 29.7. The SMILES string of the molecule is CCCCCCCCCCCCCCCC(=O)Nc1ccc(NC(=O)C(Cc2ccccc2)C(=O)OCC)cc1O. The van der Waals surface area contributed by atoms with Gasteiger partial charge in [0.2, 0.25) is 11.8 Å². The van der Waals surface area contributed by atoms with E-state index in [0.29, 0.717) is 12.1 Å². The second-order valence-electron chi connectivity index (χ2n) is 10.8. The molecule has 7 heteroatoms. The third kappa shape index (κ3) is 14.2. The monoisotopic (exact) mass is 566 g/mol. The molecule has 0 aliphatic rings. The molecule has 2 amide bonds. The van der Waals surface area contributed by atoms with E-state index < -0.39 is 17.8 Å². The number of ether oxygens (including phenoxy) is 1. The van der Waals surface area contributed by atoms with Crippen molar-refractivity contribution in [2.24, 2.45) is 5.92 Å². The summed E-state index contributed by atoms with van der Waals surface area (Å²) < 4.78 is 5.11. The Balaban J connectivity index is 1.70. The fourth-order valence-corrected chi connectivity index (χ4v) is 4.84. The quantitative estimate of drug-likeness (QED) is 0.0612. The third-order valence-electron chi connectivity index (χ3n) is 7.22. The molecule has 1 unspecified atom stereocenters. The van der Waals surface area contributed by atoms with Gasteiger partial charge in [0.15, 0.2) is 0 Å². The van der Waals surface area contributed by atoms with Crippen molar-refractivity contribution in [3.63, 3.8) is 0 Å². The van der Waals surface area contributed by atoms with Crippen LogP contribution < -0.4 is 10.6 Å². The minimum atomic E-state index is -1.03. The number of rotatable bonds is 21. The molecule has 2 aromatic carbocycles. The molecule has 1 atom stereocenters. The molecule has 0 heterocycles. The number of hydrogen-bond donors (Lipinski definition) is 3. The topological polar surface area (TPSA) is 105 Å². The molecule has 0 aromatic heterocycles. The van der Waals surface area contributed by atoms with Gasteiger partial charge in [-0.25, -0.2) is 0 Å². The van der Waals surface area contributed by atoms with Crippen LogP contribution in [0.4, 0.5) is 11.4 Å². The average molecular weight is 567 g/mol.